The van der Waals surface area contributed by atoms with Crippen LogP contribution in [0.3, 0.4) is 0 Å². The smallest absolute Gasteiger partial charge is 0.230 e. The van der Waals surface area contributed by atoms with E-state index in [2.05, 4.69) is 10.2 Å². The number of piperidine rings is 1. The Kier molecular flexibility index (Phi) is 4.82. The lowest BCUT2D eigenvalue weighted by atomic mass is 9.84. The van der Waals surface area contributed by atoms with Crippen LogP contribution in [0, 0.1) is 5.92 Å². The standard InChI is InChI=1S/C19H20ClN3O2S/c20-16-3-1-15(2-4-16)19(25)5-7-23(8-6-19)18(24)13-9-17(26-12-13)14-10-21-22-11-14/h1-4,9-11,13,25H,5-8,12H2,(H,21,22). The number of nitrogens with one attached hydrogen (secondary N) is 1. The highest BCUT2D eigenvalue weighted by atomic mass is 35.5. The minimum Gasteiger partial charge on any atom is -0.385 e. The quantitative estimate of drug-likeness (QED) is 0.845. The van der Waals surface area contributed by atoms with Crippen molar-refractivity contribution in [2.24, 2.45) is 5.92 Å². The number of amides is 1. The molecule has 1 fully saturated rings. The molecule has 4 rings (SSSR count). The van der Waals surface area contributed by atoms with Crippen LogP contribution in [-0.4, -0.2) is 45.0 Å². The third-order valence-corrected chi connectivity index (χ3v) is 6.62. The summed E-state index contributed by atoms with van der Waals surface area (Å²) in [4.78, 5) is 15.8. The van der Waals surface area contributed by atoms with Gasteiger partial charge in [-0.3, -0.25) is 9.89 Å². The fourth-order valence-corrected chi connectivity index (χ4v) is 4.81. The summed E-state index contributed by atoms with van der Waals surface area (Å²) >= 11 is 7.62. The lowest BCUT2D eigenvalue weighted by molar-refractivity contribution is -0.137. The number of aliphatic hydroxyl groups is 1. The molecule has 2 N–H and O–H groups in total. The Morgan fingerprint density at radius 1 is 1.31 bits per heavy atom. The average Bonchev–Trinajstić information content (AvgIpc) is 3.34. The number of likely N-dealkylation sites (tertiary alicyclic amines) is 1. The van der Waals surface area contributed by atoms with Crippen LogP contribution in [0.1, 0.15) is 24.0 Å². The molecule has 0 bridgehead atoms. The molecule has 0 radical (unpaired) electrons. The monoisotopic (exact) mass is 389 g/mol. The van der Waals surface area contributed by atoms with Gasteiger partial charge in [0.25, 0.3) is 0 Å². The fraction of sp³-hybridized carbons (Fsp3) is 0.368. The number of halogens is 1. The Morgan fingerprint density at radius 2 is 2.04 bits per heavy atom. The molecule has 1 aromatic carbocycles. The van der Waals surface area contributed by atoms with Gasteiger partial charge in [0.15, 0.2) is 0 Å². The predicted molar refractivity (Wildman–Crippen MR) is 104 cm³/mol. The van der Waals surface area contributed by atoms with E-state index in [1.165, 1.54) is 0 Å². The van der Waals surface area contributed by atoms with Crippen molar-refractivity contribution in [2.45, 2.75) is 18.4 Å². The third-order valence-electron chi connectivity index (χ3n) is 5.15. The van der Waals surface area contributed by atoms with Crippen LogP contribution in [0.4, 0.5) is 0 Å². The SMILES string of the molecule is O=C(C1C=C(c2cn[nH]c2)SC1)N1CCC(O)(c2ccc(Cl)cc2)CC1. The highest BCUT2D eigenvalue weighted by Gasteiger charge is 2.37. The van der Waals surface area contributed by atoms with E-state index in [0.29, 0.717) is 31.0 Å². The average molecular weight is 390 g/mol. The summed E-state index contributed by atoms with van der Waals surface area (Å²) in [5.74, 6) is 0.804. The zero-order chi connectivity index (χ0) is 18.1. The first-order chi connectivity index (χ1) is 12.5. The molecule has 3 heterocycles. The first kappa shape index (κ1) is 17.6. The molecule has 2 aliphatic heterocycles. The number of H-pyrrole nitrogens is 1. The molecule has 5 nitrogen and oxygen atoms in total. The van der Waals surface area contributed by atoms with Gasteiger partial charge in [-0.05, 0) is 30.5 Å². The second-order valence-electron chi connectivity index (χ2n) is 6.80. The molecule has 7 heteroatoms. The first-order valence-corrected chi connectivity index (χ1v) is 10.0. The number of carbonyl (C=O) groups excluding carboxylic acids is 1. The minimum absolute atomic E-state index is 0.105. The molecule has 0 spiro atoms. The summed E-state index contributed by atoms with van der Waals surface area (Å²) in [6.07, 6.45) is 6.74. The Bertz CT molecular complexity index is 812. The van der Waals surface area contributed by atoms with Gasteiger partial charge in [0.1, 0.15) is 0 Å². The molecule has 1 amide bonds. The molecule has 1 aromatic heterocycles. The zero-order valence-corrected chi connectivity index (χ0v) is 15.8. The number of aromatic nitrogens is 2. The highest BCUT2D eigenvalue weighted by molar-refractivity contribution is 8.08. The highest BCUT2D eigenvalue weighted by Crippen LogP contribution is 2.38. The molecule has 2 aromatic rings. The Morgan fingerprint density at radius 3 is 2.69 bits per heavy atom. The maximum atomic E-state index is 12.9. The van der Waals surface area contributed by atoms with Gasteiger partial charge in [0.05, 0.1) is 17.7 Å². The number of nitrogens with zero attached hydrogens (tertiary/aromatic N) is 2. The summed E-state index contributed by atoms with van der Waals surface area (Å²) in [7, 11) is 0. The van der Waals surface area contributed by atoms with Crippen molar-refractivity contribution >= 4 is 34.2 Å². The number of rotatable bonds is 3. The molecule has 1 unspecified atom stereocenters. The number of carbonyl (C=O) groups is 1. The van der Waals surface area contributed by atoms with Gasteiger partial charge in [-0.15, -0.1) is 11.8 Å². The summed E-state index contributed by atoms with van der Waals surface area (Å²) in [5.41, 5.74) is 1.01. The largest absolute Gasteiger partial charge is 0.385 e. The van der Waals surface area contributed by atoms with Crippen molar-refractivity contribution in [1.29, 1.82) is 0 Å². The van der Waals surface area contributed by atoms with Crippen molar-refractivity contribution in [3.8, 4) is 0 Å². The normalized spacial score (nSPS) is 22.3. The number of thioether (sulfide) groups is 1. The van der Waals surface area contributed by atoms with Crippen molar-refractivity contribution in [2.75, 3.05) is 18.8 Å². The lowest BCUT2D eigenvalue weighted by Gasteiger charge is -2.39. The zero-order valence-electron chi connectivity index (χ0n) is 14.2. The van der Waals surface area contributed by atoms with Crippen LogP contribution >= 0.6 is 23.4 Å². The number of aromatic amines is 1. The van der Waals surface area contributed by atoms with Crippen molar-refractivity contribution in [3.63, 3.8) is 0 Å². The molecular formula is C19H20ClN3O2S. The molecule has 1 saturated heterocycles. The number of hydrogen-bond donors (Lipinski definition) is 2. The van der Waals surface area contributed by atoms with Crippen LogP contribution in [0.25, 0.3) is 4.91 Å². The van der Waals surface area contributed by atoms with Crippen LogP contribution in [0.2, 0.25) is 5.02 Å². The maximum absolute atomic E-state index is 12.9. The van der Waals surface area contributed by atoms with E-state index in [1.807, 2.05) is 29.3 Å². The van der Waals surface area contributed by atoms with Gasteiger partial charge < -0.3 is 10.0 Å². The van der Waals surface area contributed by atoms with Gasteiger partial charge in [-0.1, -0.05) is 29.8 Å². The van der Waals surface area contributed by atoms with Crippen LogP contribution in [0.5, 0.6) is 0 Å². The Balaban J connectivity index is 1.40. The van der Waals surface area contributed by atoms with Crippen LogP contribution in [-0.2, 0) is 10.4 Å². The fourth-order valence-electron chi connectivity index (χ4n) is 3.55. The lowest BCUT2D eigenvalue weighted by Crippen LogP contribution is -2.47. The van der Waals surface area contributed by atoms with Gasteiger partial charge in [-0.2, -0.15) is 5.10 Å². The van der Waals surface area contributed by atoms with Crippen LogP contribution in [0.15, 0.2) is 42.7 Å². The van der Waals surface area contributed by atoms with Gasteiger partial charge >= 0.3 is 0 Å². The molecular weight excluding hydrogens is 370 g/mol. The molecule has 0 aliphatic carbocycles. The van der Waals surface area contributed by atoms with E-state index < -0.39 is 5.60 Å². The summed E-state index contributed by atoms with van der Waals surface area (Å²) < 4.78 is 0. The Labute approximate surface area is 161 Å². The van der Waals surface area contributed by atoms with Gasteiger partial charge in [-0.25, -0.2) is 0 Å². The van der Waals surface area contributed by atoms with E-state index in [9.17, 15) is 9.90 Å². The summed E-state index contributed by atoms with van der Waals surface area (Å²) in [6.45, 7) is 1.13. The second kappa shape index (κ2) is 7.10. The summed E-state index contributed by atoms with van der Waals surface area (Å²) in [6, 6.07) is 7.33. The van der Waals surface area contributed by atoms with E-state index in [-0.39, 0.29) is 11.8 Å². The topological polar surface area (TPSA) is 69.2 Å². The van der Waals surface area contributed by atoms with Crippen molar-refractivity contribution in [3.05, 3.63) is 58.9 Å². The van der Waals surface area contributed by atoms with Crippen molar-refractivity contribution in [1.82, 2.24) is 15.1 Å². The van der Waals surface area contributed by atoms with E-state index in [4.69, 9.17) is 11.6 Å². The predicted octanol–water partition coefficient (Wildman–Crippen LogP) is 3.28. The second-order valence-corrected chi connectivity index (χ2v) is 8.30. The molecule has 2 aliphatic rings. The third kappa shape index (κ3) is 3.41. The van der Waals surface area contributed by atoms with E-state index >= 15 is 0 Å². The number of hydrogen-bond acceptors (Lipinski definition) is 4. The first-order valence-electron chi connectivity index (χ1n) is 8.66. The molecule has 1 atom stereocenters. The summed E-state index contributed by atoms with van der Waals surface area (Å²) in [5, 5.41) is 18.4. The molecule has 26 heavy (non-hydrogen) atoms. The maximum Gasteiger partial charge on any atom is 0.230 e. The van der Waals surface area contributed by atoms with Gasteiger partial charge in [0, 0.05) is 40.5 Å². The minimum atomic E-state index is -0.885. The van der Waals surface area contributed by atoms with E-state index in [0.717, 1.165) is 21.8 Å². The van der Waals surface area contributed by atoms with Crippen molar-refractivity contribution < 1.29 is 9.90 Å². The molecule has 136 valence electrons. The van der Waals surface area contributed by atoms with Crippen LogP contribution < -0.4 is 0 Å². The number of benzene rings is 1. The van der Waals surface area contributed by atoms with Gasteiger partial charge in [0.2, 0.25) is 5.91 Å². The molecule has 0 saturated carbocycles. The Hall–Kier alpha value is -1.76. The van der Waals surface area contributed by atoms with E-state index in [1.54, 1.807) is 30.1 Å².